The van der Waals surface area contributed by atoms with Gasteiger partial charge >= 0.3 is 0 Å². The summed E-state index contributed by atoms with van der Waals surface area (Å²) >= 11 is 0. The molecule has 14 nitrogen and oxygen atoms in total. The molecule has 0 saturated heterocycles. The number of hydrogen-bond acceptors (Lipinski definition) is 9. The molecule has 0 aliphatic heterocycles. The van der Waals surface area contributed by atoms with E-state index >= 15 is 0 Å². The zero-order valence-electron chi connectivity index (χ0n) is 24.1. The summed E-state index contributed by atoms with van der Waals surface area (Å²) in [5.41, 5.74) is 4.54. The van der Waals surface area contributed by atoms with E-state index in [1.54, 1.807) is 0 Å². The van der Waals surface area contributed by atoms with Crippen molar-refractivity contribution in [3.8, 4) is 0 Å². The Hall–Kier alpha value is -4.20. The summed E-state index contributed by atoms with van der Waals surface area (Å²) < 4.78 is 1.18. The number of anilines is 1. The van der Waals surface area contributed by atoms with Crippen molar-refractivity contribution >= 4 is 35.1 Å². The van der Waals surface area contributed by atoms with Crippen LogP contribution in [0.15, 0.2) is 35.0 Å². The van der Waals surface area contributed by atoms with Crippen molar-refractivity contribution in [3.05, 3.63) is 40.6 Å². The number of likely N-dealkylation sites (N-methyl/N-ethyl adjacent to an activating group) is 2. The predicted octanol–water partition coefficient (Wildman–Crippen LogP) is -0.696. The molecule has 1 heterocycles. The Morgan fingerprint density at radius 3 is 2.51 bits per heavy atom. The number of rotatable bonds is 14. The maximum Gasteiger partial charge on any atom is 0.287 e. The lowest BCUT2D eigenvalue weighted by molar-refractivity contribution is -0.137. The number of Topliss-reactive ketones (excluding diaryl/α,β-unsaturated/α-hetero) is 1. The molecule has 1 fully saturated rings. The molecule has 0 spiro atoms. The highest BCUT2D eigenvalue weighted by molar-refractivity contribution is 6.36. The second-order valence-corrected chi connectivity index (χ2v) is 10.4. The average Bonchev–Trinajstić information content (AvgIpc) is 3.26. The van der Waals surface area contributed by atoms with Crippen molar-refractivity contribution in [1.29, 1.82) is 0 Å². The number of pyridine rings is 1. The van der Waals surface area contributed by atoms with Gasteiger partial charge in [-0.05, 0) is 49.7 Å². The second kappa shape index (κ2) is 15.6. The van der Waals surface area contributed by atoms with Crippen LogP contribution in [-0.2, 0) is 30.5 Å². The lowest BCUT2D eigenvalue weighted by atomic mass is 9.97. The van der Waals surface area contributed by atoms with Gasteiger partial charge in [0.2, 0.25) is 17.6 Å². The first-order chi connectivity index (χ1) is 19.4. The molecule has 1 aromatic heterocycles. The van der Waals surface area contributed by atoms with E-state index in [0.717, 1.165) is 36.9 Å². The predicted molar refractivity (Wildman–Crippen MR) is 153 cm³/mol. The highest BCUT2D eigenvalue weighted by Gasteiger charge is 2.32. The van der Waals surface area contributed by atoms with E-state index in [2.05, 4.69) is 35.1 Å². The number of aromatic nitrogens is 1. The Bertz CT molecular complexity index is 1210. The van der Waals surface area contributed by atoms with Gasteiger partial charge in [0.1, 0.15) is 24.0 Å². The molecule has 14 heteroatoms. The Morgan fingerprint density at radius 2 is 1.90 bits per heavy atom. The topological polar surface area (TPSA) is 211 Å². The van der Waals surface area contributed by atoms with E-state index in [1.165, 1.54) is 37.0 Å². The summed E-state index contributed by atoms with van der Waals surface area (Å²) in [6, 6.07) is 1.58. The normalized spacial score (nSPS) is 19.1. The molecule has 4 unspecified atom stereocenters. The standard InChI is InChI=1S/C27H42N8O6/c1-5-7-17-12-16(2)13-20(17)31-23(37)15-35-11-6-8-19(27(35)41)33-24(38)18(9-10-22(36)26(40)30-3)32-25(39)21(14-28)34(4)29/h6,8,11,14,16-18,20H,5,7,9-10,12-13,15,28-29H2,1-4H3,(H,30,40)(H,31,37)(H,32,39)(H,33,38)/b21-14-. The van der Waals surface area contributed by atoms with Crippen LogP contribution in [0.3, 0.4) is 0 Å². The van der Waals surface area contributed by atoms with Gasteiger partial charge in [-0.3, -0.25) is 28.8 Å². The maximum absolute atomic E-state index is 13.2. The number of nitrogens with two attached hydrogens (primary N) is 2. The van der Waals surface area contributed by atoms with Gasteiger partial charge in [-0.25, -0.2) is 5.84 Å². The highest BCUT2D eigenvalue weighted by Crippen LogP contribution is 2.33. The molecular weight excluding hydrogens is 532 g/mol. The van der Waals surface area contributed by atoms with E-state index in [1.807, 2.05) is 0 Å². The maximum atomic E-state index is 13.2. The fourth-order valence-corrected chi connectivity index (χ4v) is 5.04. The largest absolute Gasteiger partial charge is 0.403 e. The van der Waals surface area contributed by atoms with Gasteiger partial charge in [-0.15, -0.1) is 0 Å². The van der Waals surface area contributed by atoms with Crippen molar-refractivity contribution < 1.29 is 24.0 Å². The van der Waals surface area contributed by atoms with Gasteiger partial charge in [0.25, 0.3) is 17.4 Å². The first-order valence-electron chi connectivity index (χ1n) is 13.7. The molecule has 4 amide bonds. The lowest BCUT2D eigenvalue weighted by Crippen LogP contribution is -2.48. The molecule has 1 aliphatic carbocycles. The number of carbonyl (C=O) groups is 5. The molecule has 1 saturated carbocycles. The van der Waals surface area contributed by atoms with Crippen LogP contribution in [0.1, 0.15) is 52.4 Å². The summed E-state index contributed by atoms with van der Waals surface area (Å²) in [4.78, 5) is 75.4. The minimum Gasteiger partial charge on any atom is -0.403 e. The molecule has 1 aliphatic rings. The summed E-state index contributed by atoms with van der Waals surface area (Å²) in [6.07, 6.45) is 5.75. The van der Waals surface area contributed by atoms with Crippen LogP contribution in [0.25, 0.3) is 0 Å². The molecule has 4 atom stereocenters. The Balaban J connectivity index is 2.17. The third kappa shape index (κ3) is 9.45. The molecule has 0 bridgehead atoms. The Morgan fingerprint density at radius 1 is 1.20 bits per heavy atom. The van der Waals surface area contributed by atoms with Crippen molar-refractivity contribution in [2.45, 2.75) is 71.0 Å². The monoisotopic (exact) mass is 574 g/mol. The third-order valence-corrected chi connectivity index (χ3v) is 7.06. The summed E-state index contributed by atoms with van der Waals surface area (Å²) in [5, 5.41) is 11.1. The van der Waals surface area contributed by atoms with E-state index in [9.17, 15) is 28.8 Å². The minimum absolute atomic E-state index is 0.0536. The van der Waals surface area contributed by atoms with E-state index in [0.29, 0.717) is 11.8 Å². The highest BCUT2D eigenvalue weighted by atomic mass is 16.2. The van der Waals surface area contributed by atoms with Gasteiger partial charge < -0.3 is 36.6 Å². The van der Waals surface area contributed by atoms with Crippen LogP contribution in [0.4, 0.5) is 5.69 Å². The smallest absolute Gasteiger partial charge is 0.287 e. The van der Waals surface area contributed by atoms with Crippen molar-refractivity contribution in [2.24, 2.45) is 23.4 Å². The zero-order chi connectivity index (χ0) is 30.7. The van der Waals surface area contributed by atoms with Crippen LogP contribution >= 0.6 is 0 Å². The van der Waals surface area contributed by atoms with Gasteiger partial charge in [0.15, 0.2) is 0 Å². The van der Waals surface area contributed by atoms with Crippen LogP contribution in [0.5, 0.6) is 0 Å². The molecular formula is C27H42N8O6. The lowest BCUT2D eigenvalue weighted by Gasteiger charge is -2.22. The summed E-state index contributed by atoms with van der Waals surface area (Å²) in [6.45, 7) is 4.04. The number of hydrazine groups is 1. The minimum atomic E-state index is -1.33. The molecule has 0 radical (unpaired) electrons. The first-order valence-corrected chi connectivity index (χ1v) is 13.7. The van der Waals surface area contributed by atoms with Crippen molar-refractivity contribution in [2.75, 3.05) is 19.4 Å². The molecule has 226 valence electrons. The summed E-state index contributed by atoms with van der Waals surface area (Å²) in [5.74, 6) is 2.93. The number of nitrogens with one attached hydrogen (secondary N) is 4. The van der Waals surface area contributed by atoms with Crippen molar-refractivity contribution in [1.82, 2.24) is 25.5 Å². The van der Waals surface area contributed by atoms with E-state index in [4.69, 9.17) is 11.6 Å². The number of hydrogen-bond donors (Lipinski definition) is 6. The zero-order valence-corrected chi connectivity index (χ0v) is 24.1. The molecule has 2 rings (SSSR count). The molecule has 41 heavy (non-hydrogen) atoms. The number of carbonyl (C=O) groups excluding carboxylic acids is 5. The number of amides is 4. The van der Waals surface area contributed by atoms with Crippen LogP contribution < -0.4 is 38.4 Å². The average molecular weight is 575 g/mol. The third-order valence-electron chi connectivity index (χ3n) is 7.06. The van der Waals surface area contributed by atoms with Crippen LogP contribution in [0.2, 0.25) is 0 Å². The molecule has 0 aromatic carbocycles. The molecule has 8 N–H and O–H groups in total. The summed E-state index contributed by atoms with van der Waals surface area (Å²) in [7, 11) is 2.66. The van der Waals surface area contributed by atoms with Crippen molar-refractivity contribution in [3.63, 3.8) is 0 Å². The number of ketones is 1. The van der Waals surface area contributed by atoms with Gasteiger partial charge in [-0.2, -0.15) is 0 Å². The quantitative estimate of drug-likeness (QED) is 0.0717. The fourth-order valence-electron chi connectivity index (χ4n) is 5.04. The Labute approximate surface area is 239 Å². The van der Waals surface area contributed by atoms with E-state index < -0.39 is 35.1 Å². The Kier molecular flexibility index (Phi) is 12.5. The SMILES string of the molecule is CCCC1CC(C)CC1NC(=O)Cn1cccc(NC(=O)C(CCC(=O)C(=O)NC)NC(=O)/C(=C/N)N(C)N)c1=O. The van der Waals surface area contributed by atoms with Gasteiger partial charge in [0.05, 0.1) is 0 Å². The number of nitrogens with zero attached hydrogens (tertiary/aromatic N) is 2. The fraction of sp³-hybridized carbons (Fsp3) is 0.556. The van der Waals surface area contributed by atoms with Gasteiger partial charge in [-0.1, -0.05) is 20.3 Å². The second-order valence-electron chi connectivity index (χ2n) is 10.4. The van der Waals surface area contributed by atoms with Crippen LogP contribution in [-0.4, -0.2) is 65.2 Å². The van der Waals surface area contributed by atoms with E-state index in [-0.39, 0.29) is 42.7 Å². The molecule has 1 aromatic rings. The first kappa shape index (κ1) is 33.0. The van der Waals surface area contributed by atoms with Crippen LogP contribution in [0, 0.1) is 11.8 Å². The van der Waals surface area contributed by atoms with Gasteiger partial charge in [0, 0.05) is 39.0 Å².